The fraction of sp³-hybridized carbons (Fsp3) is 0.357. The molecule has 1 aromatic heterocycles. The van der Waals surface area contributed by atoms with Crippen LogP contribution in [0.25, 0.3) is 0 Å². The zero-order valence-corrected chi connectivity index (χ0v) is 10.6. The second-order valence-corrected chi connectivity index (χ2v) is 4.60. The van der Waals surface area contributed by atoms with Crippen molar-refractivity contribution < 1.29 is 0 Å². The van der Waals surface area contributed by atoms with Gasteiger partial charge in [-0.05, 0) is 26.3 Å². The van der Waals surface area contributed by atoms with Gasteiger partial charge >= 0.3 is 0 Å². The third-order valence-corrected chi connectivity index (χ3v) is 3.08. The van der Waals surface area contributed by atoms with Gasteiger partial charge in [0, 0.05) is 18.4 Å². The third kappa shape index (κ3) is 2.39. The summed E-state index contributed by atoms with van der Waals surface area (Å²) in [5.41, 5.74) is 8.61. The van der Waals surface area contributed by atoms with Crippen LogP contribution in [0, 0.1) is 13.8 Å². The third-order valence-electron chi connectivity index (χ3n) is 3.08. The van der Waals surface area contributed by atoms with Crippen LogP contribution >= 0.6 is 0 Å². The Morgan fingerprint density at radius 3 is 2.29 bits per heavy atom. The van der Waals surface area contributed by atoms with E-state index < -0.39 is 0 Å². The van der Waals surface area contributed by atoms with Crippen LogP contribution in [0.5, 0.6) is 0 Å². The number of hydrogen-bond acceptors (Lipinski definition) is 2. The number of aryl methyl sites for hydroxylation is 2. The molecule has 2 atom stereocenters. The monoisotopic (exact) mass is 229 g/mol. The van der Waals surface area contributed by atoms with Crippen molar-refractivity contribution in [3.8, 4) is 0 Å². The summed E-state index contributed by atoms with van der Waals surface area (Å²) < 4.78 is 2.13. The van der Waals surface area contributed by atoms with Gasteiger partial charge in [-0.3, -0.25) is 0 Å². The molecule has 0 spiro atoms. The van der Waals surface area contributed by atoms with E-state index in [9.17, 15) is 0 Å². The summed E-state index contributed by atoms with van der Waals surface area (Å²) in [6, 6.07) is 8.73. The van der Waals surface area contributed by atoms with E-state index in [-0.39, 0.29) is 12.1 Å². The van der Waals surface area contributed by atoms with Crippen molar-refractivity contribution in [3.05, 3.63) is 53.6 Å². The smallest absolute Gasteiger partial charge is 0.106 e. The largest absolute Gasteiger partial charge is 0.326 e. The van der Waals surface area contributed by atoms with E-state index in [4.69, 9.17) is 5.73 Å². The molecule has 0 aliphatic heterocycles. The Kier molecular flexibility index (Phi) is 3.29. The molecule has 0 fully saturated rings. The summed E-state index contributed by atoms with van der Waals surface area (Å²) in [7, 11) is 0. The van der Waals surface area contributed by atoms with Gasteiger partial charge in [-0.2, -0.15) is 0 Å². The van der Waals surface area contributed by atoms with Gasteiger partial charge in [0.05, 0.1) is 6.04 Å². The molecule has 3 heteroatoms. The van der Waals surface area contributed by atoms with E-state index in [0.717, 1.165) is 5.82 Å². The number of rotatable bonds is 3. The van der Waals surface area contributed by atoms with Crippen LogP contribution in [0.1, 0.15) is 29.9 Å². The molecule has 2 aromatic rings. The van der Waals surface area contributed by atoms with E-state index in [1.54, 1.807) is 0 Å². The minimum Gasteiger partial charge on any atom is -0.326 e. The van der Waals surface area contributed by atoms with Crippen LogP contribution in [0.4, 0.5) is 0 Å². The Bertz CT molecular complexity index is 482. The average molecular weight is 229 g/mol. The molecule has 0 bridgehead atoms. The van der Waals surface area contributed by atoms with Gasteiger partial charge in [-0.1, -0.05) is 29.8 Å². The topological polar surface area (TPSA) is 43.8 Å². The predicted octanol–water partition coefficient (Wildman–Crippen LogP) is 2.44. The number of benzene rings is 1. The standard InChI is InChI=1S/C14H19N3/c1-10-4-6-13(7-5-10)14(11(2)15)17-9-8-16-12(17)3/h4-9,11,14H,15H2,1-3H3. The molecule has 1 heterocycles. The summed E-state index contributed by atoms with van der Waals surface area (Å²) in [5.74, 6) is 0.993. The van der Waals surface area contributed by atoms with Crippen LogP contribution in [0.3, 0.4) is 0 Å². The van der Waals surface area contributed by atoms with Gasteiger partial charge in [0.1, 0.15) is 5.82 Å². The molecule has 0 radical (unpaired) electrons. The second kappa shape index (κ2) is 4.72. The Morgan fingerprint density at radius 2 is 1.82 bits per heavy atom. The van der Waals surface area contributed by atoms with Crippen molar-refractivity contribution in [1.29, 1.82) is 0 Å². The van der Waals surface area contributed by atoms with Gasteiger partial charge in [0.15, 0.2) is 0 Å². The maximum absolute atomic E-state index is 6.12. The molecule has 90 valence electrons. The first-order valence-corrected chi connectivity index (χ1v) is 5.91. The molecule has 2 rings (SSSR count). The van der Waals surface area contributed by atoms with Crippen LogP contribution in [0.2, 0.25) is 0 Å². The highest BCUT2D eigenvalue weighted by atomic mass is 15.1. The lowest BCUT2D eigenvalue weighted by atomic mass is 9.99. The van der Waals surface area contributed by atoms with E-state index in [2.05, 4.69) is 40.7 Å². The van der Waals surface area contributed by atoms with Gasteiger partial charge < -0.3 is 10.3 Å². The summed E-state index contributed by atoms with van der Waals surface area (Å²) in [5, 5.41) is 0. The fourth-order valence-electron chi connectivity index (χ4n) is 2.16. The molecule has 0 aliphatic carbocycles. The van der Waals surface area contributed by atoms with Gasteiger partial charge in [-0.15, -0.1) is 0 Å². The molecule has 1 aromatic carbocycles. The molecular formula is C14H19N3. The lowest BCUT2D eigenvalue weighted by molar-refractivity contribution is 0.486. The fourth-order valence-corrected chi connectivity index (χ4v) is 2.16. The van der Waals surface area contributed by atoms with Crippen molar-refractivity contribution in [1.82, 2.24) is 9.55 Å². The molecule has 3 nitrogen and oxygen atoms in total. The lowest BCUT2D eigenvalue weighted by Gasteiger charge is -2.24. The quantitative estimate of drug-likeness (QED) is 0.878. The molecular weight excluding hydrogens is 210 g/mol. The number of hydrogen-bond donors (Lipinski definition) is 1. The van der Waals surface area contributed by atoms with Crippen LogP contribution in [-0.2, 0) is 0 Å². The van der Waals surface area contributed by atoms with E-state index >= 15 is 0 Å². The number of aromatic nitrogens is 2. The first-order valence-electron chi connectivity index (χ1n) is 5.91. The Hall–Kier alpha value is -1.61. The number of imidazole rings is 1. The summed E-state index contributed by atoms with van der Waals surface area (Å²) in [4.78, 5) is 4.27. The molecule has 17 heavy (non-hydrogen) atoms. The Balaban J connectivity index is 2.43. The first kappa shape index (κ1) is 11.9. The van der Waals surface area contributed by atoms with Crippen LogP contribution in [-0.4, -0.2) is 15.6 Å². The van der Waals surface area contributed by atoms with Crippen molar-refractivity contribution in [2.45, 2.75) is 32.9 Å². The van der Waals surface area contributed by atoms with E-state index in [1.807, 2.05) is 26.2 Å². The summed E-state index contributed by atoms with van der Waals surface area (Å²) in [6.45, 7) is 6.13. The minimum atomic E-state index is 0.0469. The van der Waals surface area contributed by atoms with Crippen LogP contribution < -0.4 is 5.73 Å². The van der Waals surface area contributed by atoms with Crippen molar-refractivity contribution in [3.63, 3.8) is 0 Å². The molecule has 0 amide bonds. The van der Waals surface area contributed by atoms with Gasteiger partial charge in [0.25, 0.3) is 0 Å². The summed E-state index contributed by atoms with van der Waals surface area (Å²) in [6.07, 6.45) is 3.81. The zero-order valence-electron chi connectivity index (χ0n) is 10.6. The lowest BCUT2D eigenvalue weighted by Crippen LogP contribution is -2.30. The van der Waals surface area contributed by atoms with Crippen molar-refractivity contribution >= 4 is 0 Å². The predicted molar refractivity (Wildman–Crippen MR) is 69.9 cm³/mol. The highest BCUT2D eigenvalue weighted by molar-refractivity contribution is 5.26. The number of nitrogens with two attached hydrogens (primary N) is 1. The summed E-state index contributed by atoms with van der Waals surface area (Å²) >= 11 is 0. The minimum absolute atomic E-state index is 0.0469. The highest BCUT2D eigenvalue weighted by Gasteiger charge is 2.19. The molecule has 0 saturated carbocycles. The van der Waals surface area contributed by atoms with Gasteiger partial charge in [0.2, 0.25) is 0 Å². The van der Waals surface area contributed by atoms with E-state index in [1.165, 1.54) is 11.1 Å². The second-order valence-electron chi connectivity index (χ2n) is 4.60. The number of nitrogens with zero attached hydrogens (tertiary/aromatic N) is 2. The highest BCUT2D eigenvalue weighted by Crippen LogP contribution is 2.22. The molecule has 0 saturated heterocycles. The van der Waals surface area contributed by atoms with Gasteiger partial charge in [-0.25, -0.2) is 4.98 Å². The Morgan fingerprint density at radius 1 is 1.18 bits per heavy atom. The molecule has 2 unspecified atom stereocenters. The van der Waals surface area contributed by atoms with Crippen molar-refractivity contribution in [2.75, 3.05) is 0 Å². The van der Waals surface area contributed by atoms with Crippen LogP contribution in [0.15, 0.2) is 36.7 Å². The van der Waals surface area contributed by atoms with Crippen molar-refractivity contribution in [2.24, 2.45) is 5.73 Å². The Labute approximate surface area is 102 Å². The SMILES string of the molecule is Cc1ccc(C(C(C)N)n2ccnc2C)cc1. The maximum Gasteiger partial charge on any atom is 0.106 e. The first-order chi connectivity index (χ1) is 8.09. The van der Waals surface area contributed by atoms with E-state index in [0.29, 0.717) is 0 Å². The molecule has 2 N–H and O–H groups in total. The maximum atomic E-state index is 6.12. The zero-order chi connectivity index (χ0) is 12.4. The average Bonchev–Trinajstić information content (AvgIpc) is 2.68. The normalized spacial score (nSPS) is 14.6. The molecule has 0 aliphatic rings.